The van der Waals surface area contributed by atoms with Crippen LogP contribution >= 0.6 is 0 Å². The van der Waals surface area contributed by atoms with E-state index in [0.29, 0.717) is 5.56 Å². The maximum atomic E-state index is 11.5. The number of nitrogens with zero attached hydrogens (tertiary/aromatic N) is 7. The molecule has 39 heavy (non-hydrogen) atoms. The Balaban J connectivity index is 1.24. The van der Waals surface area contributed by atoms with Crippen LogP contribution in [0.4, 0.5) is 5.69 Å². The molecule has 10 heteroatoms. The molecule has 0 spiro atoms. The first-order valence-corrected chi connectivity index (χ1v) is 13.1. The first-order valence-electron chi connectivity index (χ1n) is 13.1. The fourth-order valence-electron chi connectivity index (χ4n) is 5.18. The second-order valence-corrected chi connectivity index (χ2v) is 9.91. The molecule has 1 aromatic carbocycles. The molecule has 0 atom stereocenters. The van der Waals surface area contributed by atoms with Gasteiger partial charge in [0, 0.05) is 67.5 Å². The Morgan fingerprint density at radius 2 is 1.87 bits per heavy atom. The second-order valence-electron chi connectivity index (χ2n) is 9.91. The number of ether oxygens (including phenoxy) is 1. The van der Waals surface area contributed by atoms with Crippen LogP contribution in [0.2, 0.25) is 0 Å². The van der Waals surface area contributed by atoms with Crippen LogP contribution in [-0.4, -0.2) is 82.2 Å². The number of morpholine rings is 1. The van der Waals surface area contributed by atoms with E-state index in [1.807, 2.05) is 17.1 Å². The largest absolute Gasteiger partial charge is 0.379 e. The lowest BCUT2D eigenvalue weighted by molar-refractivity contribution is -0.117. The van der Waals surface area contributed by atoms with Gasteiger partial charge in [-0.05, 0) is 29.8 Å². The number of fused-ring (bicyclic) bond motifs is 1. The van der Waals surface area contributed by atoms with Crippen molar-refractivity contribution in [2.24, 2.45) is 0 Å². The van der Waals surface area contributed by atoms with E-state index in [1.165, 1.54) is 6.08 Å². The molecule has 1 N–H and O–H groups in total. The number of nitriles is 1. The Morgan fingerprint density at radius 1 is 1.08 bits per heavy atom. The van der Waals surface area contributed by atoms with Gasteiger partial charge < -0.3 is 15.0 Å². The number of carbonyl (C=O) groups excluding carboxylic acids is 1. The van der Waals surface area contributed by atoms with Crippen molar-refractivity contribution in [1.82, 2.24) is 29.6 Å². The van der Waals surface area contributed by atoms with Gasteiger partial charge in [-0.3, -0.25) is 14.4 Å². The number of rotatable bonds is 8. The highest BCUT2D eigenvalue weighted by Crippen LogP contribution is 2.33. The van der Waals surface area contributed by atoms with E-state index < -0.39 is 0 Å². The summed E-state index contributed by atoms with van der Waals surface area (Å²) >= 11 is 0. The molecule has 198 valence electrons. The zero-order valence-corrected chi connectivity index (χ0v) is 21.7. The van der Waals surface area contributed by atoms with Gasteiger partial charge in [-0.1, -0.05) is 18.7 Å². The third-order valence-corrected chi connectivity index (χ3v) is 7.40. The molecule has 0 bridgehead atoms. The molecule has 0 radical (unpaired) electrons. The number of aromatic nitrogens is 4. The molecular formula is C29H30N8O2. The lowest BCUT2D eigenvalue weighted by atomic mass is 9.99. The van der Waals surface area contributed by atoms with Gasteiger partial charge >= 0.3 is 0 Å². The Bertz CT molecular complexity index is 1540. The highest BCUT2D eigenvalue weighted by Gasteiger charge is 2.27. The normalized spacial score (nSPS) is 16.1. The van der Waals surface area contributed by atoms with Gasteiger partial charge in [-0.25, -0.2) is 4.52 Å². The van der Waals surface area contributed by atoms with Crippen molar-refractivity contribution in [2.45, 2.75) is 12.6 Å². The highest BCUT2D eigenvalue weighted by atomic mass is 16.5. The van der Waals surface area contributed by atoms with Crippen LogP contribution in [0.25, 0.3) is 27.8 Å². The number of amides is 1. The molecule has 2 aliphatic rings. The smallest absolute Gasteiger partial charge is 0.243 e. The zero-order valence-electron chi connectivity index (χ0n) is 21.7. The molecule has 2 fully saturated rings. The van der Waals surface area contributed by atoms with Crippen LogP contribution in [0.3, 0.4) is 0 Å². The van der Waals surface area contributed by atoms with Crippen LogP contribution in [-0.2, 0) is 16.1 Å². The maximum absolute atomic E-state index is 11.5. The molecule has 2 aliphatic heterocycles. The van der Waals surface area contributed by atoms with Crippen LogP contribution in [0.5, 0.6) is 0 Å². The standard InChI is InChI=1S/C29H30N8O2/c1-2-28(38)33-25-19-35(20-25)26-5-3-21(4-6-26)27-13-22(18-37-29(27)23(14-30)15-32-37)24-16-31-36(17-24)8-7-34-9-11-39-12-10-34/h2-6,13,15-18,25H,1,7-12,19-20H2,(H,33,38). The fourth-order valence-corrected chi connectivity index (χ4v) is 5.18. The number of pyridine rings is 1. The zero-order chi connectivity index (χ0) is 26.8. The van der Waals surface area contributed by atoms with Crippen molar-refractivity contribution < 1.29 is 9.53 Å². The van der Waals surface area contributed by atoms with Crippen LogP contribution in [0, 0.1) is 11.3 Å². The molecule has 1 amide bonds. The highest BCUT2D eigenvalue weighted by molar-refractivity contribution is 5.88. The first kappa shape index (κ1) is 24.9. The molecule has 10 nitrogen and oxygen atoms in total. The third-order valence-electron chi connectivity index (χ3n) is 7.40. The summed E-state index contributed by atoms with van der Waals surface area (Å²) in [7, 11) is 0. The summed E-state index contributed by atoms with van der Waals surface area (Å²) in [6.07, 6.45) is 8.81. The van der Waals surface area contributed by atoms with Crippen molar-refractivity contribution in [3.63, 3.8) is 0 Å². The van der Waals surface area contributed by atoms with E-state index in [2.05, 4.69) is 74.5 Å². The van der Waals surface area contributed by atoms with Crippen molar-refractivity contribution in [3.8, 4) is 28.3 Å². The summed E-state index contributed by atoms with van der Waals surface area (Å²) in [5.41, 5.74) is 6.32. The minimum atomic E-state index is -0.143. The van der Waals surface area contributed by atoms with Gasteiger partial charge in [-0.2, -0.15) is 15.5 Å². The summed E-state index contributed by atoms with van der Waals surface area (Å²) in [6, 6.07) is 12.8. The van der Waals surface area contributed by atoms with Crippen LogP contribution in [0.1, 0.15) is 5.56 Å². The summed E-state index contributed by atoms with van der Waals surface area (Å²) in [4.78, 5) is 16.1. The van der Waals surface area contributed by atoms with Gasteiger partial charge in [0.15, 0.2) is 0 Å². The maximum Gasteiger partial charge on any atom is 0.243 e. The lowest BCUT2D eigenvalue weighted by Crippen LogP contribution is -2.59. The van der Waals surface area contributed by atoms with Crippen molar-refractivity contribution in [3.05, 3.63) is 73.3 Å². The fraction of sp³-hybridized carbons (Fsp3) is 0.310. The molecule has 0 aliphatic carbocycles. The SMILES string of the molecule is C=CC(=O)NC1CN(c2ccc(-c3cc(-c4cnn(CCN5CCOCC5)c4)cn4ncc(C#N)c34)cc2)C1. The molecular weight excluding hydrogens is 492 g/mol. The predicted molar refractivity (Wildman–Crippen MR) is 148 cm³/mol. The van der Waals surface area contributed by atoms with Gasteiger partial charge in [0.1, 0.15) is 6.07 Å². The van der Waals surface area contributed by atoms with Gasteiger partial charge in [0.2, 0.25) is 5.91 Å². The number of benzene rings is 1. The van der Waals surface area contributed by atoms with E-state index in [0.717, 1.165) is 85.9 Å². The van der Waals surface area contributed by atoms with Crippen molar-refractivity contribution in [1.29, 1.82) is 5.26 Å². The Morgan fingerprint density at radius 3 is 2.62 bits per heavy atom. The van der Waals surface area contributed by atoms with E-state index in [1.54, 1.807) is 10.7 Å². The minimum Gasteiger partial charge on any atom is -0.379 e. The van der Waals surface area contributed by atoms with Crippen molar-refractivity contribution in [2.75, 3.05) is 50.8 Å². The topological polar surface area (TPSA) is 104 Å². The third kappa shape index (κ3) is 5.14. The van der Waals surface area contributed by atoms with Crippen LogP contribution in [0.15, 0.2) is 67.8 Å². The van der Waals surface area contributed by atoms with Gasteiger partial charge in [-0.15, -0.1) is 0 Å². The molecule has 4 aromatic rings. The monoisotopic (exact) mass is 522 g/mol. The molecule has 0 unspecified atom stereocenters. The minimum absolute atomic E-state index is 0.131. The van der Waals surface area contributed by atoms with Gasteiger partial charge in [0.05, 0.1) is 49.3 Å². The van der Waals surface area contributed by atoms with E-state index in [4.69, 9.17) is 4.74 Å². The predicted octanol–water partition coefficient (Wildman–Crippen LogP) is 2.56. The van der Waals surface area contributed by atoms with Crippen LogP contribution < -0.4 is 10.2 Å². The summed E-state index contributed by atoms with van der Waals surface area (Å²) in [6.45, 7) is 10.3. The second kappa shape index (κ2) is 10.7. The van der Waals surface area contributed by atoms with Crippen molar-refractivity contribution >= 4 is 17.1 Å². The number of anilines is 1. The molecule has 0 saturated carbocycles. The number of hydrogen-bond donors (Lipinski definition) is 1. The number of carbonyl (C=O) groups is 1. The lowest BCUT2D eigenvalue weighted by Gasteiger charge is -2.41. The molecule has 5 heterocycles. The Labute approximate surface area is 226 Å². The summed E-state index contributed by atoms with van der Waals surface area (Å²) in [5, 5.41) is 21.7. The average Bonchev–Trinajstić information content (AvgIpc) is 3.61. The molecule has 2 saturated heterocycles. The number of hydrogen-bond acceptors (Lipinski definition) is 7. The summed E-state index contributed by atoms with van der Waals surface area (Å²) in [5.74, 6) is -0.143. The molecule has 3 aromatic heterocycles. The number of nitrogens with one attached hydrogen (secondary N) is 1. The molecule has 6 rings (SSSR count). The van der Waals surface area contributed by atoms with Gasteiger partial charge in [0.25, 0.3) is 0 Å². The average molecular weight is 523 g/mol. The quantitative estimate of drug-likeness (QED) is 0.355. The van der Waals surface area contributed by atoms with E-state index >= 15 is 0 Å². The Kier molecular flexibility index (Phi) is 6.84. The van der Waals surface area contributed by atoms with E-state index in [-0.39, 0.29) is 11.9 Å². The first-order chi connectivity index (χ1) is 19.1. The summed E-state index contributed by atoms with van der Waals surface area (Å²) < 4.78 is 9.20. The Hall–Kier alpha value is -4.46. The van der Waals surface area contributed by atoms with E-state index in [9.17, 15) is 10.1 Å².